The number of nitrogens with zero attached hydrogens (tertiary/aromatic N) is 4. The van der Waals surface area contributed by atoms with Crippen LogP contribution >= 0.6 is 0 Å². The summed E-state index contributed by atoms with van der Waals surface area (Å²) in [6.07, 6.45) is 11.1. The second-order valence-corrected chi connectivity index (χ2v) is 13.0. The Morgan fingerprint density at radius 2 is 1.81 bits per heavy atom. The summed E-state index contributed by atoms with van der Waals surface area (Å²) in [7, 11) is 1.58. The zero-order valence-electron chi connectivity index (χ0n) is 26.9. The normalized spacial score (nSPS) is 22.6. The first-order valence-corrected chi connectivity index (χ1v) is 16.8. The zero-order valence-corrected chi connectivity index (χ0v) is 26.9. The van der Waals surface area contributed by atoms with Gasteiger partial charge in [0, 0.05) is 36.7 Å². The number of nitriles is 1. The Kier molecular flexibility index (Phi) is 10.4. The largest absolute Gasteiger partial charge is 0.495 e. The molecule has 3 aromatic rings. The molecule has 6 rings (SSSR count). The highest BCUT2D eigenvalue weighted by molar-refractivity contribution is 5.94. The van der Waals surface area contributed by atoms with Crippen LogP contribution in [0.25, 0.3) is 11.3 Å². The minimum absolute atomic E-state index is 0.0487. The Bertz CT molecular complexity index is 1580. The van der Waals surface area contributed by atoms with E-state index in [1.807, 2.05) is 29.2 Å². The predicted octanol–water partition coefficient (Wildman–Crippen LogP) is 6.08. The molecule has 2 N–H and O–H groups in total. The van der Waals surface area contributed by atoms with Gasteiger partial charge in [-0.3, -0.25) is 9.69 Å². The van der Waals surface area contributed by atoms with Crippen LogP contribution in [0.3, 0.4) is 0 Å². The molecular weight excluding hydrogens is 598 g/mol. The van der Waals surface area contributed by atoms with Gasteiger partial charge in [0.2, 0.25) is 5.91 Å². The Labute approximate surface area is 275 Å². The number of anilines is 1. The number of hydrogen-bond acceptors (Lipinski definition) is 9. The summed E-state index contributed by atoms with van der Waals surface area (Å²) in [6.45, 7) is 0.568. The molecule has 47 heavy (non-hydrogen) atoms. The maximum absolute atomic E-state index is 14.3. The van der Waals surface area contributed by atoms with Crippen molar-refractivity contribution in [2.45, 2.75) is 82.1 Å². The quantitative estimate of drug-likeness (QED) is 0.254. The summed E-state index contributed by atoms with van der Waals surface area (Å²) >= 11 is 0. The van der Waals surface area contributed by atoms with Crippen LogP contribution in [-0.4, -0.2) is 60.0 Å². The lowest BCUT2D eigenvalue weighted by atomic mass is 9.78. The van der Waals surface area contributed by atoms with E-state index in [2.05, 4.69) is 22.4 Å². The molecule has 2 aromatic heterocycles. The third-order valence-corrected chi connectivity index (χ3v) is 9.81. The third kappa shape index (κ3) is 7.93. The minimum atomic E-state index is -0.539. The standard InChI is InChI=1S/C36H43N5O6/c1-45-32-13-10-27(18-29(32)20-37)24-4-2-23(3-5-24)21-41(35(43)26-8-11-30(12-9-26)47-36(44)39-16-17-42)33-19-28(14-15-38-33)31-22-46-34(40-31)25-6-7-25/h10,13-15,18-19,22-26,30,42H,2-9,11-12,16-17,21H2,1H3,(H,39,44)/t23-,24-,26-,30-. The Morgan fingerprint density at radius 3 is 2.51 bits per heavy atom. The van der Waals surface area contributed by atoms with E-state index in [9.17, 15) is 14.9 Å². The van der Waals surface area contributed by atoms with Gasteiger partial charge in [0.05, 0.1) is 19.3 Å². The van der Waals surface area contributed by atoms with Crippen molar-refractivity contribution in [1.29, 1.82) is 5.26 Å². The molecular formula is C36H43N5O6. The van der Waals surface area contributed by atoms with Crippen molar-refractivity contribution >= 4 is 17.8 Å². The fourth-order valence-corrected chi connectivity index (χ4v) is 6.96. The number of carbonyl (C=O) groups excluding carboxylic acids is 2. The Hall–Kier alpha value is -4.43. The average molecular weight is 642 g/mol. The first kappa shape index (κ1) is 32.5. The monoisotopic (exact) mass is 641 g/mol. The van der Waals surface area contributed by atoms with Gasteiger partial charge in [0.25, 0.3) is 0 Å². The number of amides is 2. The van der Waals surface area contributed by atoms with Crippen molar-refractivity contribution in [3.05, 3.63) is 59.8 Å². The number of benzene rings is 1. The van der Waals surface area contributed by atoms with Crippen LogP contribution in [-0.2, 0) is 9.53 Å². The lowest BCUT2D eigenvalue weighted by molar-refractivity contribution is -0.124. The topological polar surface area (TPSA) is 151 Å². The molecule has 2 heterocycles. The van der Waals surface area contributed by atoms with Gasteiger partial charge in [0.1, 0.15) is 35.7 Å². The lowest BCUT2D eigenvalue weighted by Crippen LogP contribution is -2.42. The van der Waals surface area contributed by atoms with E-state index in [0.717, 1.165) is 61.2 Å². The predicted molar refractivity (Wildman–Crippen MR) is 174 cm³/mol. The highest BCUT2D eigenvalue weighted by atomic mass is 16.6. The number of aliphatic hydroxyl groups is 1. The smallest absolute Gasteiger partial charge is 0.407 e. The number of nitrogens with one attached hydrogen (secondary N) is 1. The van der Waals surface area contributed by atoms with Crippen LogP contribution in [0.4, 0.5) is 10.6 Å². The summed E-state index contributed by atoms with van der Waals surface area (Å²) in [5, 5.41) is 21.0. The Balaban J connectivity index is 1.16. The number of pyridine rings is 1. The van der Waals surface area contributed by atoms with Crippen molar-refractivity contribution in [1.82, 2.24) is 15.3 Å². The number of methoxy groups -OCH3 is 1. The van der Waals surface area contributed by atoms with Crippen molar-refractivity contribution in [3.63, 3.8) is 0 Å². The maximum Gasteiger partial charge on any atom is 0.407 e. The van der Waals surface area contributed by atoms with Gasteiger partial charge >= 0.3 is 6.09 Å². The van der Waals surface area contributed by atoms with Crippen LogP contribution in [0, 0.1) is 23.2 Å². The number of rotatable bonds is 11. The van der Waals surface area contributed by atoms with Crippen LogP contribution in [0.5, 0.6) is 5.75 Å². The van der Waals surface area contributed by atoms with Gasteiger partial charge in [-0.1, -0.05) is 6.07 Å². The van der Waals surface area contributed by atoms with E-state index in [1.165, 1.54) is 0 Å². The van der Waals surface area contributed by atoms with E-state index in [-0.39, 0.29) is 31.1 Å². The maximum atomic E-state index is 14.3. The minimum Gasteiger partial charge on any atom is -0.495 e. The van der Waals surface area contributed by atoms with E-state index in [0.29, 0.717) is 67.1 Å². The molecule has 3 fully saturated rings. The number of aliphatic hydroxyl groups excluding tert-OH is 1. The van der Waals surface area contributed by atoms with Crippen molar-refractivity contribution in [2.24, 2.45) is 11.8 Å². The van der Waals surface area contributed by atoms with E-state index in [1.54, 1.807) is 19.6 Å². The second kappa shape index (κ2) is 15.0. The van der Waals surface area contributed by atoms with E-state index in [4.69, 9.17) is 24.0 Å². The SMILES string of the molecule is COc1ccc([C@H]2CC[C@H](CN(c3cc(-c4coc(C5CC5)n4)ccn3)C(=O)[C@H]3CC[C@H](OC(=O)NCCO)CC3)CC2)cc1C#N. The number of ether oxygens (including phenoxy) is 2. The van der Waals surface area contributed by atoms with Gasteiger partial charge in [-0.2, -0.15) is 5.26 Å². The molecule has 0 atom stereocenters. The molecule has 1 aromatic carbocycles. The molecule has 11 heteroatoms. The molecule has 248 valence electrons. The van der Waals surface area contributed by atoms with Gasteiger partial charge in [-0.05, 0) is 106 Å². The number of hydrogen-bond donors (Lipinski definition) is 2. The zero-order chi connectivity index (χ0) is 32.8. The van der Waals surface area contributed by atoms with Gasteiger partial charge in [-0.25, -0.2) is 14.8 Å². The summed E-state index contributed by atoms with van der Waals surface area (Å²) in [5.41, 5.74) is 3.32. The fraction of sp³-hybridized carbons (Fsp3) is 0.528. The highest BCUT2D eigenvalue weighted by Crippen LogP contribution is 2.41. The highest BCUT2D eigenvalue weighted by Gasteiger charge is 2.35. The molecule has 0 unspecified atom stereocenters. The Morgan fingerprint density at radius 1 is 1.04 bits per heavy atom. The summed E-state index contributed by atoms with van der Waals surface area (Å²) in [6, 6.07) is 12.0. The molecule has 2 amide bonds. The molecule has 0 saturated heterocycles. The third-order valence-electron chi connectivity index (χ3n) is 9.81. The molecule has 3 aliphatic carbocycles. The summed E-state index contributed by atoms with van der Waals surface area (Å²) in [4.78, 5) is 37.6. The first-order valence-electron chi connectivity index (χ1n) is 16.8. The van der Waals surface area contributed by atoms with Crippen LogP contribution in [0.2, 0.25) is 0 Å². The summed E-state index contributed by atoms with van der Waals surface area (Å²) < 4.78 is 16.6. The second-order valence-electron chi connectivity index (χ2n) is 13.0. The van der Waals surface area contributed by atoms with Gasteiger partial charge < -0.3 is 24.3 Å². The molecule has 11 nitrogen and oxygen atoms in total. The van der Waals surface area contributed by atoms with Crippen LogP contribution < -0.4 is 15.0 Å². The van der Waals surface area contributed by atoms with Crippen molar-refractivity contribution in [2.75, 3.05) is 31.7 Å². The lowest BCUT2D eigenvalue weighted by Gasteiger charge is -2.35. The van der Waals surface area contributed by atoms with Crippen molar-refractivity contribution < 1.29 is 28.6 Å². The molecule has 0 radical (unpaired) electrons. The summed E-state index contributed by atoms with van der Waals surface area (Å²) in [5.74, 6) is 2.88. The van der Waals surface area contributed by atoms with E-state index >= 15 is 0 Å². The number of aromatic nitrogens is 2. The number of alkyl carbamates (subject to hydrolysis) is 1. The average Bonchev–Trinajstić information content (AvgIpc) is 3.85. The molecule has 0 aliphatic heterocycles. The van der Waals surface area contributed by atoms with Crippen LogP contribution in [0.15, 0.2) is 47.2 Å². The molecule has 3 aliphatic rings. The van der Waals surface area contributed by atoms with Gasteiger partial charge in [0.15, 0.2) is 5.89 Å². The number of carbonyl (C=O) groups is 2. The molecule has 0 bridgehead atoms. The number of oxazole rings is 1. The molecule has 0 spiro atoms. The van der Waals surface area contributed by atoms with Crippen molar-refractivity contribution in [3.8, 4) is 23.1 Å². The first-order chi connectivity index (χ1) is 22.9. The fourth-order valence-electron chi connectivity index (χ4n) is 6.96. The van der Waals surface area contributed by atoms with E-state index < -0.39 is 6.09 Å². The molecule has 3 saturated carbocycles. The van der Waals surface area contributed by atoms with Gasteiger partial charge in [-0.15, -0.1) is 0 Å². The van der Waals surface area contributed by atoms with Crippen LogP contribution in [0.1, 0.15) is 93.1 Å².